The lowest BCUT2D eigenvalue weighted by Gasteiger charge is -2.34. The summed E-state index contributed by atoms with van der Waals surface area (Å²) in [5, 5.41) is 3.02. The maximum absolute atomic E-state index is 12.5. The molecule has 0 aromatic heterocycles. The van der Waals surface area contributed by atoms with E-state index in [0.717, 1.165) is 29.0 Å². The van der Waals surface area contributed by atoms with Crippen LogP contribution in [0.15, 0.2) is 48.5 Å². The average molecular weight is 424 g/mol. The van der Waals surface area contributed by atoms with Gasteiger partial charge in [-0.1, -0.05) is 43.3 Å². The van der Waals surface area contributed by atoms with Crippen LogP contribution < -0.4 is 10.1 Å². The zero-order valence-electron chi connectivity index (χ0n) is 18.6. The van der Waals surface area contributed by atoms with Gasteiger partial charge in [-0.05, 0) is 43.0 Å². The van der Waals surface area contributed by atoms with E-state index in [1.165, 1.54) is 0 Å². The minimum atomic E-state index is -0.00553. The summed E-state index contributed by atoms with van der Waals surface area (Å²) < 4.78 is 5.78. The molecule has 6 nitrogen and oxygen atoms in total. The highest BCUT2D eigenvalue weighted by atomic mass is 16.5. The predicted octanol–water partition coefficient (Wildman–Crippen LogP) is 3.50. The average Bonchev–Trinajstić information content (AvgIpc) is 2.78. The quantitative estimate of drug-likeness (QED) is 0.627. The monoisotopic (exact) mass is 423 g/mol. The lowest BCUT2D eigenvalue weighted by atomic mass is 10.1. The van der Waals surface area contributed by atoms with Crippen molar-refractivity contribution in [3.8, 4) is 5.75 Å². The van der Waals surface area contributed by atoms with Gasteiger partial charge in [-0.25, -0.2) is 0 Å². The van der Waals surface area contributed by atoms with E-state index in [4.69, 9.17) is 4.74 Å². The normalized spacial score (nSPS) is 14.3. The van der Waals surface area contributed by atoms with Gasteiger partial charge >= 0.3 is 0 Å². The number of nitrogens with one attached hydrogen (secondary N) is 1. The highest BCUT2D eigenvalue weighted by Crippen LogP contribution is 2.17. The Morgan fingerprint density at radius 2 is 1.71 bits per heavy atom. The minimum Gasteiger partial charge on any atom is -0.493 e. The molecule has 31 heavy (non-hydrogen) atoms. The molecule has 3 rings (SSSR count). The van der Waals surface area contributed by atoms with Crippen LogP contribution in [0, 0.1) is 6.92 Å². The number of amides is 2. The van der Waals surface area contributed by atoms with Gasteiger partial charge in [0.25, 0.3) is 0 Å². The summed E-state index contributed by atoms with van der Waals surface area (Å²) in [5.74, 6) is 1.03. The van der Waals surface area contributed by atoms with Crippen molar-refractivity contribution in [3.63, 3.8) is 0 Å². The Kier molecular flexibility index (Phi) is 8.47. The number of hydrogen-bond acceptors (Lipinski definition) is 4. The molecule has 2 aromatic carbocycles. The number of para-hydroxylation sites is 2. The van der Waals surface area contributed by atoms with E-state index in [-0.39, 0.29) is 11.8 Å². The molecule has 0 aliphatic carbocycles. The van der Waals surface area contributed by atoms with Gasteiger partial charge in [0.05, 0.1) is 13.2 Å². The summed E-state index contributed by atoms with van der Waals surface area (Å²) in [6.45, 7) is 7.74. The SMILES string of the molecule is CCc1ccccc1NC(=O)CN1CCN(C(=O)CCCOc2ccccc2C)CC1. The van der Waals surface area contributed by atoms with Gasteiger partial charge in [0.2, 0.25) is 11.8 Å². The summed E-state index contributed by atoms with van der Waals surface area (Å²) in [5.41, 5.74) is 3.13. The van der Waals surface area contributed by atoms with E-state index in [1.54, 1.807) is 0 Å². The smallest absolute Gasteiger partial charge is 0.238 e. The zero-order chi connectivity index (χ0) is 22.1. The third kappa shape index (κ3) is 6.82. The topological polar surface area (TPSA) is 61.9 Å². The van der Waals surface area contributed by atoms with Gasteiger partial charge in [0, 0.05) is 38.3 Å². The Bertz CT molecular complexity index is 876. The molecule has 1 heterocycles. The molecule has 1 saturated heterocycles. The highest BCUT2D eigenvalue weighted by Gasteiger charge is 2.22. The number of piperazine rings is 1. The maximum atomic E-state index is 12.5. The van der Waals surface area contributed by atoms with E-state index in [9.17, 15) is 9.59 Å². The number of aryl methyl sites for hydroxylation is 2. The van der Waals surface area contributed by atoms with Crippen molar-refractivity contribution in [3.05, 3.63) is 59.7 Å². The fourth-order valence-corrected chi connectivity index (χ4v) is 3.78. The summed E-state index contributed by atoms with van der Waals surface area (Å²) in [7, 11) is 0. The fourth-order valence-electron chi connectivity index (χ4n) is 3.78. The molecule has 0 spiro atoms. The molecule has 2 amide bonds. The van der Waals surface area contributed by atoms with E-state index in [0.29, 0.717) is 52.2 Å². The number of nitrogens with zero attached hydrogens (tertiary/aromatic N) is 2. The van der Waals surface area contributed by atoms with Crippen molar-refractivity contribution in [1.82, 2.24) is 9.80 Å². The van der Waals surface area contributed by atoms with Crippen LogP contribution in [-0.2, 0) is 16.0 Å². The summed E-state index contributed by atoms with van der Waals surface area (Å²) in [4.78, 5) is 28.9. The number of rotatable bonds is 9. The summed E-state index contributed by atoms with van der Waals surface area (Å²) >= 11 is 0. The first-order valence-electron chi connectivity index (χ1n) is 11.1. The molecular weight excluding hydrogens is 390 g/mol. The van der Waals surface area contributed by atoms with Gasteiger partial charge < -0.3 is 15.0 Å². The van der Waals surface area contributed by atoms with Gasteiger partial charge in [-0.2, -0.15) is 0 Å². The van der Waals surface area contributed by atoms with Crippen LogP contribution in [0.5, 0.6) is 5.75 Å². The van der Waals surface area contributed by atoms with Crippen LogP contribution in [0.2, 0.25) is 0 Å². The Labute approximate surface area is 185 Å². The molecule has 0 bridgehead atoms. The Hall–Kier alpha value is -2.86. The second-order valence-electron chi connectivity index (χ2n) is 7.93. The van der Waals surface area contributed by atoms with Crippen molar-refractivity contribution >= 4 is 17.5 Å². The van der Waals surface area contributed by atoms with Crippen LogP contribution in [0.1, 0.15) is 30.9 Å². The summed E-state index contributed by atoms with van der Waals surface area (Å²) in [6.07, 6.45) is 2.07. The van der Waals surface area contributed by atoms with Crippen molar-refractivity contribution in [2.45, 2.75) is 33.1 Å². The van der Waals surface area contributed by atoms with E-state index >= 15 is 0 Å². The first-order valence-corrected chi connectivity index (χ1v) is 11.1. The van der Waals surface area contributed by atoms with Crippen LogP contribution >= 0.6 is 0 Å². The van der Waals surface area contributed by atoms with Crippen molar-refractivity contribution in [1.29, 1.82) is 0 Å². The van der Waals surface area contributed by atoms with E-state index < -0.39 is 0 Å². The Balaban J connectivity index is 1.34. The van der Waals surface area contributed by atoms with Crippen molar-refractivity contribution < 1.29 is 14.3 Å². The number of carbonyl (C=O) groups excluding carboxylic acids is 2. The van der Waals surface area contributed by atoms with Crippen molar-refractivity contribution in [2.75, 3.05) is 44.6 Å². The standard InChI is InChI=1S/C25H33N3O3/c1-3-21-10-5-6-11-22(21)26-24(29)19-27-14-16-28(17-15-27)25(30)13-8-18-31-23-12-7-4-9-20(23)2/h4-7,9-12H,3,8,13-19H2,1-2H3,(H,26,29). The number of hydrogen-bond donors (Lipinski definition) is 1. The molecule has 1 fully saturated rings. The van der Waals surface area contributed by atoms with Crippen LogP contribution in [0.4, 0.5) is 5.69 Å². The van der Waals surface area contributed by atoms with Crippen LogP contribution in [0.25, 0.3) is 0 Å². The molecule has 2 aromatic rings. The maximum Gasteiger partial charge on any atom is 0.238 e. The second kappa shape index (κ2) is 11.5. The lowest BCUT2D eigenvalue weighted by Crippen LogP contribution is -2.50. The Morgan fingerprint density at radius 1 is 1.00 bits per heavy atom. The molecule has 0 radical (unpaired) electrons. The number of ether oxygens (including phenoxy) is 1. The van der Waals surface area contributed by atoms with Crippen molar-refractivity contribution in [2.24, 2.45) is 0 Å². The minimum absolute atomic E-state index is 0.00553. The van der Waals surface area contributed by atoms with E-state index in [1.807, 2.05) is 60.4 Å². The van der Waals surface area contributed by atoms with Gasteiger partial charge in [-0.15, -0.1) is 0 Å². The number of carbonyl (C=O) groups is 2. The molecule has 0 unspecified atom stereocenters. The highest BCUT2D eigenvalue weighted by molar-refractivity contribution is 5.93. The third-order valence-electron chi connectivity index (χ3n) is 5.65. The van der Waals surface area contributed by atoms with Crippen LogP contribution in [-0.4, -0.2) is 60.9 Å². The molecular formula is C25H33N3O3. The third-order valence-corrected chi connectivity index (χ3v) is 5.65. The number of benzene rings is 2. The largest absolute Gasteiger partial charge is 0.493 e. The predicted molar refractivity (Wildman–Crippen MR) is 123 cm³/mol. The fraction of sp³-hybridized carbons (Fsp3) is 0.440. The second-order valence-corrected chi connectivity index (χ2v) is 7.93. The molecule has 1 N–H and O–H groups in total. The summed E-state index contributed by atoms with van der Waals surface area (Å²) in [6, 6.07) is 15.8. The van der Waals surface area contributed by atoms with Gasteiger partial charge in [-0.3, -0.25) is 14.5 Å². The zero-order valence-corrected chi connectivity index (χ0v) is 18.6. The van der Waals surface area contributed by atoms with Crippen LogP contribution in [0.3, 0.4) is 0 Å². The molecule has 6 heteroatoms. The van der Waals surface area contributed by atoms with Gasteiger partial charge in [0.1, 0.15) is 5.75 Å². The van der Waals surface area contributed by atoms with Gasteiger partial charge in [0.15, 0.2) is 0 Å². The molecule has 1 aliphatic rings. The first kappa shape index (κ1) is 22.8. The molecule has 166 valence electrons. The first-order chi connectivity index (χ1) is 15.1. The molecule has 0 saturated carbocycles. The number of anilines is 1. The lowest BCUT2D eigenvalue weighted by molar-refractivity contribution is -0.133. The molecule has 1 aliphatic heterocycles. The van der Waals surface area contributed by atoms with E-state index in [2.05, 4.69) is 17.1 Å². The Morgan fingerprint density at radius 3 is 2.45 bits per heavy atom. The molecule has 0 atom stereocenters.